The minimum absolute atomic E-state index is 0.0995. The van der Waals surface area contributed by atoms with Crippen molar-refractivity contribution in [3.05, 3.63) is 48.6 Å². The third kappa shape index (κ3) is 1.88. The van der Waals surface area contributed by atoms with Crippen LogP contribution in [-0.4, -0.2) is 13.1 Å². The van der Waals surface area contributed by atoms with Crippen molar-refractivity contribution < 1.29 is 9.53 Å². The fraction of sp³-hybridized carbons (Fsp3) is 0.400. The number of hydrogen-bond donors (Lipinski definition) is 0. The number of esters is 1. The number of hydrogen-bond acceptors (Lipinski definition) is 2. The van der Waals surface area contributed by atoms with Gasteiger partial charge in [0.2, 0.25) is 0 Å². The SMILES string of the molecule is C=CCC1(C(=O)OC)CCC1c1ccccc1. The van der Waals surface area contributed by atoms with Gasteiger partial charge >= 0.3 is 5.97 Å². The summed E-state index contributed by atoms with van der Waals surface area (Å²) in [6.45, 7) is 3.76. The molecule has 1 aliphatic rings. The van der Waals surface area contributed by atoms with E-state index in [4.69, 9.17) is 4.74 Å². The van der Waals surface area contributed by atoms with Gasteiger partial charge in [-0.2, -0.15) is 0 Å². The van der Waals surface area contributed by atoms with E-state index in [0.717, 1.165) is 12.8 Å². The van der Waals surface area contributed by atoms with E-state index in [1.54, 1.807) is 0 Å². The van der Waals surface area contributed by atoms with Crippen LogP contribution in [0.4, 0.5) is 0 Å². The van der Waals surface area contributed by atoms with Gasteiger partial charge in [0.1, 0.15) is 0 Å². The van der Waals surface area contributed by atoms with Crippen LogP contribution in [0.3, 0.4) is 0 Å². The third-order valence-corrected chi connectivity index (χ3v) is 3.85. The maximum absolute atomic E-state index is 12.0. The summed E-state index contributed by atoms with van der Waals surface area (Å²) < 4.78 is 4.98. The van der Waals surface area contributed by atoms with Gasteiger partial charge in [-0.05, 0) is 24.8 Å². The molecule has 0 bridgehead atoms. The van der Waals surface area contributed by atoms with Crippen LogP contribution < -0.4 is 0 Å². The number of methoxy groups -OCH3 is 1. The normalized spacial score (nSPS) is 27.0. The molecule has 17 heavy (non-hydrogen) atoms. The molecule has 1 aliphatic carbocycles. The molecule has 0 saturated heterocycles. The second-order valence-corrected chi connectivity index (χ2v) is 4.64. The third-order valence-electron chi connectivity index (χ3n) is 3.85. The lowest BCUT2D eigenvalue weighted by Crippen LogP contribution is -2.45. The van der Waals surface area contributed by atoms with Gasteiger partial charge in [0.25, 0.3) is 0 Å². The number of rotatable bonds is 4. The van der Waals surface area contributed by atoms with Crippen LogP contribution in [0.5, 0.6) is 0 Å². The van der Waals surface area contributed by atoms with Crippen LogP contribution >= 0.6 is 0 Å². The first-order valence-electron chi connectivity index (χ1n) is 5.99. The molecule has 0 amide bonds. The summed E-state index contributed by atoms with van der Waals surface area (Å²) in [6.07, 6.45) is 4.46. The van der Waals surface area contributed by atoms with Crippen LogP contribution in [0.15, 0.2) is 43.0 Å². The highest BCUT2D eigenvalue weighted by Crippen LogP contribution is 2.56. The van der Waals surface area contributed by atoms with Crippen LogP contribution in [0.2, 0.25) is 0 Å². The summed E-state index contributed by atoms with van der Waals surface area (Å²) in [7, 11) is 1.47. The van der Waals surface area contributed by atoms with Gasteiger partial charge in [0.05, 0.1) is 12.5 Å². The smallest absolute Gasteiger partial charge is 0.312 e. The largest absolute Gasteiger partial charge is 0.469 e. The molecule has 0 aliphatic heterocycles. The van der Waals surface area contributed by atoms with Gasteiger partial charge in [0.15, 0.2) is 0 Å². The Kier molecular flexibility index (Phi) is 3.32. The molecule has 2 unspecified atom stereocenters. The molecule has 0 aromatic heterocycles. The minimum atomic E-state index is -0.377. The van der Waals surface area contributed by atoms with Gasteiger partial charge < -0.3 is 4.74 Å². The number of benzene rings is 1. The molecule has 2 atom stereocenters. The summed E-state index contributed by atoms with van der Waals surface area (Å²) in [6, 6.07) is 10.2. The maximum Gasteiger partial charge on any atom is 0.312 e. The Labute approximate surface area is 102 Å². The first kappa shape index (κ1) is 11.9. The Bertz CT molecular complexity index is 410. The molecular formula is C15H18O2. The molecule has 90 valence electrons. The molecule has 0 heterocycles. The van der Waals surface area contributed by atoms with E-state index in [1.807, 2.05) is 24.3 Å². The molecule has 1 aromatic rings. The Morgan fingerprint density at radius 1 is 1.53 bits per heavy atom. The van der Waals surface area contributed by atoms with E-state index in [2.05, 4.69) is 18.7 Å². The van der Waals surface area contributed by atoms with Crippen LogP contribution in [0, 0.1) is 5.41 Å². The monoisotopic (exact) mass is 230 g/mol. The maximum atomic E-state index is 12.0. The molecule has 2 nitrogen and oxygen atoms in total. The molecule has 0 N–H and O–H groups in total. The Morgan fingerprint density at radius 3 is 2.71 bits per heavy atom. The highest BCUT2D eigenvalue weighted by molar-refractivity contribution is 5.79. The van der Waals surface area contributed by atoms with E-state index in [0.29, 0.717) is 6.42 Å². The van der Waals surface area contributed by atoms with Crippen LogP contribution in [0.25, 0.3) is 0 Å². The first-order chi connectivity index (χ1) is 8.24. The summed E-state index contributed by atoms with van der Waals surface area (Å²) >= 11 is 0. The Balaban J connectivity index is 2.29. The summed E-state index contributed by atoms with van der Waals surface area (Å²) in [5, 5.41) is 0. The van der Waals surface area contributed by atoms with Gasteiger partial charge in [0, 0.05) is 5.92 Å². The van der Waals surface area contributed by atoms with Crippen molar-refractivity contribution in [2.75, 3.05) is 7.11 Å². The quantitative estimate of drug-likeness (QED) is 0.586. The van der Waals surface area contributed by atoms with Crippen molar-refractivity contribution >= 4 is 5.97 Å². The molecule has 1 saturated carbocycles. The van der Waals surface area contributed by atoms with Crippen LogP contribution in [0.1, 0.15) is 30.7 Å². The van der Waals surface area contributed by atoms with Gasteiger partial charge in [-0.15, -0.1) is 6.58 Å². The van der Waals surface area contributed by atoms with Crippen LogP contribution in [-0.2, 0) is 9.53 Å². The van der Waals surface area contributed by atoms with Crippen molar-refractivity contribution in [1.29, 1.82) is 0 Å². The fourth-order valence-corrected chi connectivity index (χ4v) is 2.84. The lowest BCUT2D eigenvalue weighted by atomic mass is 9.56. The highest BCUT2D eigenvalue weighted by atomic mass is 16.5. The molecule has 1 aromatic carbocycles. The summed E-state index contributed by atoms with van der Waals surface area (Å²) in [5.74, 6) is 0.173. The number of ether oxygens (including phenoxy) is 1. The van der Waals surface area contributed by atoms with E-state index in [9.17, 15) is 4.79 Å². The average molecular weight is 230 g/mol. The molecular weight excluding hydrogens is 212 g/mol. The first-order valence-corrected chi connectivity index (χ1v) is 5.99. The minimum Gasteiger partial charge on any atom is -0.469 e. The summed E-state index contributed by atoms with van der Waals surface area (Å²) in [4.78, 5) is 12.0. The predicted octanol–water partition coefficient (Wildman–Crippen LogP) is 3.30. The van der Waals surface area contributed by atoms with Gasteiger partial charge in [-0.1, -0.05) is 36.4 Å². The van der Waals surface area contributed by atoms with Crippen molar-refractivity contribution in [2.45, 2.75) is 25.2 Å². The Morgan fingerprint density at radius 2 is 2.24 bits per heavy atom. The highest BCUT2D eigenvalue weighted by Gasteiger charge is 2.53. The second kappa shape index (κ2) is 4.74. The predicted molar refractivity (Wildman–Crippen MR) is 67.7 cm³/mol. The second-order valence-electron chi connectivity index (χ2n) is 4.64. The number of allylic oxidation sites excluding steroid dienone is 1. The molecule has 2 heteroatoms. The van der Waals surface area contributed by atoms with E-state index < -0.39 is 0 Å². The van der Waals surface area contributed by atoms with E-state index in [-0.39, 0.29) is 17.3 Å². The zero-order valence-electron chi connectivity index (χ0n) is 10.2. The number of carbonyl (C=O) groups excluding carboxylic acids is 1. The molecule has 2 rings (SSSR count). The topological polar surface area (TPSA) is 26.3 Å². The van der Waals surface area contributed by atoms with Crippen molar-refractivity contribution in [2.24, 2.45) is 5.41 Å². The van der Waals surface area contributed by atoms with Gasteiger partial charge in [-0.25, -0.2) is 0 Å². The van der Waals surface area contributed by atoms with Crippen molar-refractivity contribution in [3.63, 3.8) is 0 Å². The Hall–Kier alpha value is -1.57. The fourth-order valence-electron chi connectivity index (χ4n) is 2.84. The molecule has 1 fully saturated rings. The number of carbonyl (C=O) groups is 1. The van der Waals surface area contributed by atoms with Crippen molar-refractivity contribution in [3.8, 4) is 0 Å². The zero-order chi connectivity index (χ0) is 12.3. The van der Waals surface area contributed by atoms with E-state index >= 15 is 0 Å². The van der Waals surface area contributed by atoms with E-state index in [1.165, 1.54) is 12.7 Å². The van der Waals surface area contributed by atoms with Crippen molar-refractivity contribution in [1.82, 2.24) is 0 Å². The summed E-state index contributed by atoms with van der Waals surface area (Å²) in [5.41, 5.74) is 0.851. The lowest BCUT2D eigenvalue weighted by molar-refractivity contribution is -0.160. The molecule has 0 radical (unpaired) electrons. The standard InChI is InChI=1S/C15H18O2/c1-3-10-15(14(16)17-2)11-9-13(15)12-7-5-4-6-8-12/h3-8,13H,1,9-11H2,2H3. The van der Waals surface area contributed by atoms with Gasteiger partial charge in [-0.3, -0.25) is 4.79 Å². The zero-order valence-corrected chi connectivity index (χ0v) is 10.2. The molecule has 0 spiro atoms. The average Bonchev–Trinajstić information content (AvgIpc) is 2.35. The lowest BCUT2D eigenvalue weighted by Gasteiger charge is -2.47.